The summed E-state index contributed by atoms with van der Waals surface area (Å²) in [5.41, 5.74) is 3.68. The average Bonchev–Trinajstić information content (AvgIpc) is 2.29. The molecule has 0 aromatic heterocycles. The lowest BCUT2D eigenvalue weighted by Crippen LogP contribution is -2.07. The Morgan fingerprint density at radius 3 is 2.81 bits per heavy atom. The second-order valence-corrected chi connectivity index (χ2v) is 3.85. The van der Waals surface area contributed by atoms with E-state index < -0.39 is 0 Å². The van der Waals surface area contributed by atoms with Gasteiger partial charge in [0.1, 0.15) is 0 Å². The van der Waals surface area contributed by atoms with Crippen LogP contribution in [0.2, 0.25) is 0 Å². The Balaban J connectivity index is 2.38. The molecule has 0 heterocycles. The van der Waals surface area contributed by atoms with Crippen LogP contribution in [-0.4, -0.2) is 19.6 Å². The minimum absolute atomic E-state index is 0.150. The van der Waals surface area contributed by atoms with E-state index in [1.54, 1.807) is 0 Å². The van der Waals surface area contributed by atoms with E-state index in [9.17, 15) is 4.79 Å². The van der Waals surface area contributed by atoms with Crippen LogP contribution < -0.4 is 5.32 Å². The van der Waals surface area contributed by atoms with Crippen molar-refractivity contribution in [1.82, 2.24) is 0 Å². The van der Waals surface area contributed by atoms with Crippen LogP contribution in [0.25, 0.3) is 0 Å². The van der Waals surface area contributed by atoms with Gasteiger partial charge in [-0.15, -0.1) is 0 Å². The third kappa shape index (κ3) is 3.57. The Morgan fingerprint density at radius 1 is 1.38 bits per heavy atom. The fourth-order valence-electron chi connectivity index (χ4n) is 1.50. The van der Waals surface area contributed by atoms with Crippen molar-refractivity contribution >= 4 is 11.7 Å². The highest BCUT2D eigenvalue weighted by Gasteiger charge is 2.01. The maximum Gasteiger partial charge on any atom is 0.305 e. The zero-order valence-corrected chi connectivity index (χ0v) is 10.2. The minimum Gasteiger partial charge on any atom is -0.469 e. The number of rotatable bonds is 5. The van der Waals surface area contributed by atoms with Crippen LogP contribution in [0.1, 0.15) is 24.0 Å². The van der Waals surface area contributed by atoms with Crippen LogP contribution >= 0.6 is 0 Å². The molecule has 1 aromatic rings. The van der Waals surface area contributed by atoms with Crippen molar-refractivity contribution in [2.24, 2.45) is 0 Å². The van der Waals surface area contributed by atoms with Crippen molar-refractivity contribution in [3.05, 3.63) is 29.3 Å². The molecule has 0 saturated heterocycles. The first kappa shape index (κ1) is 12.6. The van der Waals surface area contributed by atoms with Crippen LogP contribution in [0.4, 0.5) is 5.69 Å². The zero-order chi connectivity index (χ0) is 12.0. The van der Waals surface area contributed by atoms with Crippen molar-refractivity contribution in [1.29, 1.82) is 0 Å². The Hall–Kier alpha value is -1.51. The van der Waals surface area contributed by atoms with E-state index in [2.05, 4.69) is 36.0 Å². The highest BCUT2D eigenvalue weighted by Crippen LogP contribution is 2.17. The summed E-state index contributed by atoms with van der Waals surface area (Å²) in [5.74, 6) is -0.150. The number of carbonyl (C=O) groups is 1. The van der Waals surface area contributed by atoms with Gasteiger partial charge in [-0.2, -0.15) is 0 Å². The lowest BCUT2D eigenvalue weighted by atomic mass is 10.1. The molecule has 88 valence electrons. The van der Waals surface area contributed by atoms with Gasteiger partial charge in [-0.25, -0.2) is 0 Å². The number of anilines is 1. The number of esters is 1. The Morgan fingerprint density at radius 2 is 2.12 bits per heavy atom. The predicted octanol–water partition coefficient (Wildman–Crippen LogP) is 2.67. The average molecular weight is 221 g/mol. The molecule has 0 aliphatic rings. The summed E-state index contributed by atoms with van der Waals surface area (Å²) in [4.78, 5) is 10.9. The maximum absolute atomic E-state index is 10.9. The molecule has 0 unspecified atom stereocenters. The van der Waals surface area contributed by atoms with Gasteiger partial charge in [0.25, 0.3) is 0 Å². The third-order valence-corrected chi connectivity index (χ3v) is 2.71. The van der Waals surface area contributed by atoms with Gasteiger partial charge in [0.15, 0.2) is 0 Å². The molecule has 0 amide bonds. The molecular formula is C13H19NO2. The van der Waals surface area contributed by atoms with E-state index >= 15 is 0 Å². The van der Waals surface area contributed by atoms with E-state index in [1.807, 2.05) is 6.07 Å². The summed E-state index contributed by atoms with van der Waals surface area (Å²) >= 11 is 0. The van der Waals surface area contributed by atoms with Crippen LogP contribution in [0.5, 0.6) is 0 Å². The van der Waals surface area contributed by atoms with Crippen LogP contribution in [0, 0.1) is 13.8 Å². The molecule has 0 bridgehead atoms. The molecule has 0 radical (unpaired) electrons. The fourth-order valence-corrected chi connectivity index (χ4v) is 1.50. The van der Waals surface area contributed by atoms with Gasteiger partial charge in [0, 0.05) is 18.7 Å². The largest absolute Gasteiger partial charge is 0.469 e. The minimum atomic E-state index is -0.150. The van der Waals surface area contributed by atoms with Crippen molar-refractivity contribution in [2.45, 2.75) is 26.7 Å². The number of hydrogen-bond donors (Lipinski definition) is 1. The van der Waals surface area contributed by atoms with E-state index in [0.717, 1.165) is 18.7 Å². The van der Waals surface area contributed by atoms with E-state index in [4.69, 9.17) is 0 Å². The molecule has 0 fully saturated rings. The van der Waals surface area contributed by atoms with Crippen LogP contribution in [-0.2, 0) is 9.53 Å². The lowest BCUT2D eigenvalue weighted by molar-refractivity contribution is -0.140. The first-order valence-electron chi connectivity index (χ1n) is 5.52. The summed E-state index contributed by atoms with van der Waals surface area (Å²) in [6.45, 7) is 4.98. The van der Waals surface area contributed by atoms with Crippen LogP contribution in [0.15, 0.2) is 18.2 Å². The van der Waals surface area contributed by atoms with Gasteiger partial charge in [-0.3, -0.25) is 4.79 Å². The number of carbonyl (C=O) groups excluding carboxylic acids is 1. The predicted molar refractivity (Wildman–Crippen MR) is 65.7 cm³/mol. The molecule has 3 heteroatoms. The van der Waals surface area contributed by atoms with E-state index in [0.29, 0.717) is 6.42 Å². The van der Waals surface area contributed by atoms with Gasteiger partial charge >= 0.3 is 5.97 Å². The van der Waals surface area contributed by atoms with Gasteiger partial charge in [-0.05, 0) is 37.5 Å². The van der Waals surface area contributed by atoms with Crippen molar-refractivity contribution in [3.63, 3.8) is 0 Å². The first-order valence-corrected chi connectivity index (χ1v) is 5.52. The quantitative estimate of drug-likeness (QED) is 0.613. The zero-order valence-electron chi connectivity index (χ0n) is 10.2. The summed E-state index contributed by atoms with van der Waals surface area (Å²) in [7, 11) is 1.42. The van der Waals surface area contributed by atoms with Gasteiger partial charge < -0.3 is 10.1 Å². The fraction of sp³-hybridized carbons (Fsp3) is 0.462. The molecule has 0 aliphatic heterocycles. The number of benzene rings is 1. The van der Waals surface area contributed by atoms with Gasteiger partial charge in [-0.1, -0.05) is 12.1 Å². The molecular weight excluding hydrogens is 202 g/mol. The van der Waals surface area contributed by atoms with Gasteiger partial charge in [0.2, 0.25) is 0 Å². The molecule has 1 N–H and O–H groups in total. The Kier molecular flexibility index (Phi) is 4.83. The molecule has 16 heavy (non-hydrogen) atoms. The molecule has 0 saturated carbocycles. The first-order chi connectivity index (χ1) is 7.65. The highest BCUT2D eigenvalue weighted by molar-refractivity contribution is 5.69. The number of aryl methyl sites for hydroxylation is 1. The second-order valence-electron chi connectivity index (χ2n) is 3.85. The normalized spacial score (nSPS) is 9.94. The molecule has 1 rings (SSSR count). The number of methoxy groups -OCH3 is 1. The van der Waals surface area contributed by atoms with Gasteiger partial charge in [0.05, 0.1) is 7.11 Å². The van der Waals surface area contributed by atoms with E-state index in [-0.39, 0.29) is 5.97 Å². The molecule has 0 atom stereocenters. The molecule has 0 aliphatic carbocycles. The van der Waals surface area contributed by atoms with Crippen molar-refractivity contribution < 1.29 is 9.53 Å². The summed E-state index contributed by atoms with van der Waals surface area (Å²) in [6, 6.07) is 6.18. The second kappa shape index (κ2) is 6.16. The Bertz CT molecular complexity index is 361. The lowest BCUT2D eigenvalue weighted by Gasteiger charge is -2.10. The highest BCUT2D eigenvalue weighted by atomic mass is 16.5. The number of ether oxygens (including phenoxy) is 1. The molecule has 1 aromatic carbocycles. The maximum atomic E-state index is 10.9. The summed E-state index contributed by atoms with van der Waals surface area (Å²) in [5, 5.41) is 3.33. The standard InChI is InChI=1S/C13H19NO2/c1-10-6-4-7-12(11(10)2)14-9-5-8-13(15)16-3/h4,6-7,14H,5,8-9H2,1-3H3. The number of nitrogens with one attached hydrogen (secondary N) is 1. The molecule has 0 spiro atoms. The SMILES string of the molecule is COC(=O)CCCNc1cccc(C)c1C. The number of hydrogen-bond acceptors (Lipinski definition) is 3. The van der Waals surface area contributed by atoms with Crippen molar-refractivity contribution in [2.75, 3.05) is 19.0 Å². The molecule has 3 nitrogen and oxygen atoms in total. The summed E-state index contributed by atoms with van der Waals surface area (Å²) in [6.07, 6.45) is 1.26. The van der Waals surface area contributed by atoms with E-state index in [1.165, 1.54) is 18.2 Å². The Labute approximate surface area is 96.8 Å². The summed E-state index contributed by atoms with van der Waals surface area (Å²) < 4.78 is 4.58. The monoisotopic (exact) mass is 221 g/mol. The van der Waals surface area contributed by atoms with Crippen molar-refractivity contribution in [3.8, 4) is 0 Å². The smallest absolute Gasteiger partial charge is 0.305 e. The topological polar surface area (TPSA) is 38.3 Å². The van der Waals surface area contributed by atoms with Crippen LogP contribution in [0.3, 0.4) is 0 Å². The third-order valence-electron chi connectivity index (χ3n) is 2.71.